The number of aromatic amines is 1. The lowest BCUT2D eigenvalue weighted by molar-refractivity contribution is -0.120. The number of aryl methyl sites for hydroxylation is 1. The first-order chi connectivity index (χ1) is 14.5. The molecule has 1 amide bonds. The maximum Gasteiger partial charge on any atom is 0.274 e. The smallest absolute Gasteiger partial charge is 0.274 e. The van der Waals surface area contributed by atoms with E-state index in [-0.39, 0.29) is 24.4 Å². The Morgan fingerprint density at radius 3 is 2.60 bits per heavy atom. The predicted molar refractivity (Wildman–Crippen MR) is 111 cm³/mol. The van der Waals surface area contributed by atoms with Crippen molar-refractivity contribution in [1.82, 2.24) is 30.3 Å². The van der Waals surface area contributed by atoms with Gasteiger partial charge in [0.05, 0.1) is 31.2 Å². The van der Waals surface area contributed by atoms with Crippen LogP contribution >= 0.6 is 0 Å². The lowest BCUT2D eigenvalue weighted by Gasteiger charge is -2.08. The molecule has 0 saturated heterocycles. The van der Waals surface area contributed by atoms with E-state index in [0.717, 1.165) is 11.3 Å². The zero-order chi connectivity index (χ0) is 21.1. The van der Waals surface area contributed by atoms with Crippen LogP contribution in [0.15, 0.2) is 53.3 Å². The zero-order valence-electron chi connectivity index (χ0n) is 16.5. The van der Waals surface area contributed by atoms with Gasteiger partial charge < -0.3 is 10.1 Å². The Kier molecular flexibility index (Phi) is 5.25. The van der Waals surface area contributed by atoms with E-state index in [1.807, 2.05) is 30.3 Å². The van der Waals surface area contributed by atoms with E-state index in [4.69, 9.17) is 4.74 Å². The summed E-state index contributed by atoms with van der Waals surface area (Å²) < 4.78 is 6.40. The van der Waals surface area contributed by atoms with E-state index in [1.54, 1.807) is 32.4 Å². The van der Waals surface area contributed by atoms with Crippen LogP contribution in [0.2, 0.25) is 0 Å². The third kappa shape index (κ3) is 3.90. The lowest BCUT2D eigenvalue weighted by Crippen LogP contribution is -2.28. The minimum atomic E-state index is -0.228. The fourth-order valence-corrected chi connectivity index (χ4v) is 3.15. The molecule has 0 spiro atoms. The molecular formula is C21H20N6O3. The summed E-state index contributed by atoms with van der Waals surface area (Å²) in [7, 11) is 3.18. The van der Waals surface area contributed by atoms with Crippen LogP contribution in [0, 0.1) is 0 Å². The maximum absolute atomic E-state index is 12.5. The highest BCUT2D eigenvalue weighted by Gasteiger charge is 2.13. The summed E-state index contributed by atoms with van der Waals surface area (Å²) in [5.41, 5.74) is 1.19. The Morgan fingerprint density at radius 1 is 1.13 bits per heavy atom. The van der Waals surface area contributed by atoms with Gasteiger partial charge in [0, 0.05) is 18.0 Å². The van der Waals surface area contributed by atoms with Crippen LogP contribution in [-0.2, 0) is 24.8 Å². The molecule has 0 aliphatic carbocycles. The number of H-pyrrole nitrogens is 1. The van der Waals surface area contributed by atoms with Crippen molar-refractivity contribution in [2.24, 2.45) is 7.05 Å². The molecular weight excluding hydrogens is 384 g/mol. The molecule has 30 heavy (non-hydrogen) atoms. The number of ether oxygens (including phenoxy) is 1. The number of rotatable bonds is 6. The average Bonchev–Trinajstić information content (AvgIpc) is 3.25. The fourth-order valence-electron chi connectivity index (χ4n) is 3.15. The number of nitrogens with one attached hydrogen (secondary N) is 2. The Morgan fingerprint density at radius 2 is 1.87 bits per heavy atom. The standard InChI is InChI=1S/C21H20N6O3/c1-27-21(29)16-6-4-3-5-15(16)17(26-27)11-19(28)22-12-18-23-20(25-24-18)13-7-9-14(30-2)10-8-13/h3-10H,11-12H2,1-2H3,(H,22,28)(H,23,24,25). The van der Waals surface area contributed by atoms with Gasteiger partial charge >= 0.3 is 0 Å². The number of aromatic nitrogens is 5. The van der Waals surface area contributed by atoms with Crippen LogP contribution in [0.25, 0.3) is 22.2 Å². The number of carbonyl (C=O) groups is 1. The first kappa shape index (κ1) is 19.3. The Balaban J connectivity index is 1.44. The van der Waals surface area contributed by atoms with Crippen molar-refractivity contribution < 1.29 is 9.53 Å². The molecule has 4 rings (SSSR count). The van der Waals surface area contributed by atoms with Crippen molar-refractivity contribution in [1.29, 1.82) is 0 Å². The van der Waals surface area contributed by atoms with Gasteiger partial charge in [-0.2, -0.15) is 10.2 Å². The van der Waals surface area contributed by atoms with Crippen molar-refractivity contribution in [3.05, 3.63) is 70.4 Å². The fraction of sp³-hybridized carbons (Fsp3) is 0.190. The van der Waals surface area contributed by atoms with E-state index in [9.17, 15) is 9.59 Å². The second-order valence-electron chi connectivity index (χ2n) is 6.71. The SMILES string of the molecule is COc1ccc(-c2n[nH]c(CNC(=O)Cc3nn(C)c(=O)c4ccccc34)n2)cc1. The molecule has 152 valence electrons. The Hall–Kier alpha value is -4.01. The molecule has 2 N–H and O–H groups in total. The highest BCUT2D eigenvalue weighted by Crippen LogP contribution is 2.19. The molecule has 2 aromatic carbocycles. The van der Waals surface area contributed by atoms with Crippen molar-refractivity contribution in [3.8, 4) is 17.1 Å². The molecule has 9 heteroatoms. The highest BCUT2D eigenvalue weighted by molar-refractivity contribution is 5.88. The first-order valence-corrected chi connectivity index (χ1v) is 9.32. The van der Waals surface area contributed by atoms with Gasteiger partial charge in [-0.15, -0.1) is 0 Å². The lowest BCUT2D eigenvalue weighted by atomic mass is 10.1. The minimum Gasteiger partial charge on any atom is -0.497 e. The summed E-state index contributed by atoms with van der Waals surface area (Å²) in [5.74, 6) is 1.59. The summed E-state index contributed by atoms with van der Waals surface area (Å²) in [6, 6.07) is 14.5. The number of benzene rings is 2. The molecule has 0 bridgehead atoms. The average molecular weight is 404 g/mol. The van der Waals surface area contributed by atoms with Crippen molar-refractivity contribution >= 4 is 16.7 Å². The molecule has 0 atom stereocenters. The zero-order valence-corrected chi connectivity index (χ0v) is 16.5. The highest BCUT2D eigenvalue weighted by atomic mass is 16.5. The van der Waals surface area contributed by atoms with E-state index in [2.05, 4.69) is 25.6 Å². The molecule has 2 heterocycles. The summed E-state index contributed by atoms with van der Waals surface area (Å²) >= 11 is 0. The van der Waals surface area contributed by atoms with E-state index in [0.29, 0.717) is 28.1 Å². The second-order valence-corrected chi connectivity index (χ2v) is 6.71. The van der Waals surface area contributed by atoms with Crippen LogP contribution in [0.4, 0.5) is 0 Å². The number of fused-ring (bicyclic) bond motifs is 1. The van der Waals surface area contributed by atoms with E-state index in [1.165, 1.54) is 4.68 Å². The molecule has 2 aromatic heterocycles. The summed E-state index contributed by atoms with van der Waals surface area (Å²) in [5, 5.41) is 15.3. The van der Waals surface area contributed by atoms with Gasteiger partial charge in [0.2, 0.25) is 5.91 Å². The number of hydrogen-bond donors (Lipinski definition) is 2. The second kappa shape index (κ2) is 8.16. The van der Waals surface area contributed by atoms with Gasteiger partial charge in [0.1, 0.15) is 11.6 Å². The number of hydrogen-bond acceptors (Lipinski definition) is 6. The maximum atomic E-state index is 12.5. The minimum absolute atomic E-state index is 0.0497. The van der Waals surface area contributed by atoms with Crippen LogP contribution in [0.3, 0.4) is 0 Å². The molecule has 4 aromatic rings. The van der Waals surface area contributed by atoms with Gasteiger partial charge in [-0.25, -0.2) is 9.67 Å². The molecule has 0 saturated carbocycles. The molecule has 0 fully saturated rings. The van der Waals surface area contributed by atoms with E-state index >= 15 is 0 Å². The monoisotopic (exact) mass is 404 g/mol. The summed E-state index contributed by atoms with van der Waals surface area (Å²) in [4.78, 5) is 29.1. The molecule has 0 radical (unpaired) electrons. The number of nitrogens with zero attached hydrogens (tertiary/aromatic N) is 4. The van der Waals surface area contributed by atoms with Crippen molar-refractivity contribution in [3.63, 3.8) is 0 Å². The normalized spacial score (nSPS) is 10.9. The third-order valence-corrected chi connectivity index (χ3v) is 4.69. The van der Waals surface area contributed by atoms with Gasteiger partial charge in [0.25, 0.3) is 5.56 Å². The van der Waals surface area contributed by atoms with Gasteiger partial charge in [0.15, 0.2) is 5.82 Å². The van der Waals surface area contributed by atoms with Crippen LogP contribution in [0.5, 0.6) is 5.75 Å². The molecule has 9 nitrogen and oxygen atoms in total. The Bertz CT molecular complexity index is 1260. The van der Waals surface area contributed by atoms with Crippen molar-refractivity contribution in [2.45, 2.75) is 13.0 Å². The topological polar surface area (TPSA) is 115 Å². The number of methoxy groups -OCH3 is 1. The van der Waals surface area contributed by atoms with Gasteiger partial charge in [-0.1, -0.05) is 18.2 Å². The van der Waals surface area contributed by atoms with Crippen molar-refractivity contribution in [2.75, 3.05) is 7.11 Å². The predicted octanol–water partition coefficient (Wildman–Crippen LogP) is 1.59. The molecule has 0 unspecified atom stereocenters. The van der Waals surface area contributed by atoms with Gasteiger partial charge in [-0.05, 0) is 30.3 Å². The summed E-state index contributed by atoms with van der Waals surface area (Å²) in [6.07, 6.45) is 0.0497. The van der Waals surface area contributed by atoms with Crippen LogP contribution in [-0.4, -0.2) is 38.0 Å². The van der Waals surface area contributed by atoms with Crippen LogP contribution < -0.4 is 15.6 Å². The third-order valence-electron chi connectivity index (χ3n) is 4.69. The quantitative estimate of drug-likeness (QED) is 0.504. The molecule has 0 aliphatic rings. The van der Waals surface area contributed by atoms with E-state index < -0.39 is 0 Å². The molecule has 0 aliphatic heterocycles. The van der Waals surface area contributed by atoms with Gasteiger partial charge in [-0.3, -0.25) is 14.7 Å². The largest absolute Gasteiger partial charge is 0.497 e. The van der Waals surface area contributed by atoms with Crippen LogP contribution in [0.1, 0.15) is 11.5 Å². The first-order valence-electron chi connectivity index (χ1n) is 9.32. The number of carbonyl (C=O) groups excluding carboxylic acids is 1. The summed E-state index contributed by atoms with van der Waals surface area (Å²) in [6.45, 7) is 0.200. The Labute approximate surface area is 171 Å². The number of amides is 1.